The summed E-state index contributed by atoms with van der Waals surface area (Å²) in [4.78, 5) is 16.2. The number of hydrogen-bond acceptors (Lipinski definition) is 4. The Morgan fingerprint density at radius 1 is 1.25 bits per heavy atom. The van der Waals surface area contributed by atoms with Crippen LogP contribution in [-0.2, 0) is 11.4 Å². The monoisotopic (exact) mass is 413 g/mol. The highest BCUT2D eigenvalue weighted by Gasteiger charge is 2.60. The van der Waals surface area contributed by atoms with Crippen molar-refractivity contribution in [2.24, 2.45) is 5.16 Å². The number of amides is 2. The van der Waals surface area contributed by atoms with Gasteiger partial charge in [0.15, 0.2) is 0 Å². The Kier molecular flexibility index (Phi) is 5.48. The molecular weight excluding hydrogens is 399 g/mol. The number of halogens is 4. The van der Waals surface area contributed by atoms with Gasteiger partial charge in [-0.1, -0.05) is 47.1 Å². The molecule has 2 amide bonds. The van der Waals surface area contributed by atoms with Gasteiger partial charge in [-0.3, -0.25) is 0 Å². The number of oxime groups is 1. The van der Waals surface area contributed by atoms with Gasteiger partial charge in [0, 0.05) is 6.54 Å². The van der Waals surface area contributed by atoms with Crippen LogP contribution in [-0.4, -0.2) is 28.8 Å². The molecule has 0 saturated carbocycles. The first-order valence-corrected chi connectivity index (χ1v) is 8.48. The third kappa shape index (κ3) is 4.37. The van der Waals surface area contributed by atoms with Gasteiger partial charge in [0.25, 0.3) is 0 Å². The Bertz CT molecular complexity index is 920. The predicted molar refractivity (Wildman–Crippen MR) is 97.0 cm³/mol. The molecule has 3 N–H and O–H groups in total. The first-order chi connectivity index (χ1) is 13.2. The van der Waals surface area contributed by atoms with Crippen LogP contribution in [0.25, 0.3) is 0 Å². The molecule has 148 valence electrons. The van der Waals surface area contributed by atoms with Gasteiger partial charge in [-0.05, 0) is 29.3 Å². The number of hydrogen-bond donors (Lipinski definition) is 3. The molecule has 0 spiro atoms. The fourth-order valence-electron chi connectivity index (χ4n) is 2.50. The van der Waals surface area contributed by atoms with Gasteiger partial charge in [0.05, 0.1) is 22.8 Å². The van der Waals surface area contributed by atoms with Gasteiger partial charge in [0.1, 0.15) is 0 Å². The summed E-state index contributed by atoms with van der Waals surface area (Å²) in [5.74, 6) is -3.33. The second kappa shape index (κ2) is 7.69. The van der Waals surface area contributed by atoms with E-state index in [0.717, 1.165) is 0 Å². The van der Waals surface area contributed by atoms with Crippen molar-refractivity contribution >= 4 is 29.0 Å². The Hall–Kier alpha value is -2.78. The van der Waals surface area contributed by atoms with Crippen molar-refractivity contribution in [3.63, 3.8) is 0 Å². The standard InChI is InChI=1S/C18H15ClF3N3O3/c19-13-6-1-2-7-14(13)24-16(26)23-10-11-4-3-5-12(8-11)15-9-17(27,28-25-15)18(20,21)22/h1-8,27H,9-10H2,(H2,23,24,26). The van der Waals surface area contributed by atoms with Crippen LogP contribution >= 0.6 is 11.6 Å². The summed E-state index contributed by atoms with van der Waals surface area (Å²) < 4.78 is 38.5. The molecule has 0 saturated heterocycles. The summed E-state index contributed by atoms with van der Waals surface area (Å²) in [6.07, 6.45) is -5.78. The highest BCUT2D eigenvalue weighted by molar-refractivity contribution is 6.33. The van der Waals surface area contributed by atoms with E-state index in [2.05, 4.69) is 20.6 Å². The Labute approximate surface area is 162 Å². The van der Waals surface area contributed by atoms with E-state index in [9.17, 15) is 23.1 Å². The van der Waals surface area contributed by atoms with Crippen molar-refractivity contribution in [1.82, 2.24) is 5.32 Å². The molecular formula is C18H15ClF3N3O3. The molecule has 1 aliphatic heterocycles. The number of carbonyl (C=O) groups excluding carboxylic acids is 1. The van der Waals surface area contributed by atoms with E-state index in [1.807, 2.05) is 0 Å². The van der Waals surface area contributed by atoms with Crippen LogP contribution in [0.15, 0.2) is 53.7 Å². The van der Waals surface area contributed by atoms with Crippen molar-refractivity contribution in [2.75, 3.05) is 5.32 Å². The van der Waals surface area contributed by atoms with Crippen LogP contribution in [0.4, 0.5) is 23.7 Å². The number of benzene rings is 2. The summed E-state index contributed by atoms with van der Waals surface area (Å²) in [6, 6.07) is 12.6. The minimum Gasteiger partial charge on any atom is -0.350 e. The van der Waals surface area contributed by atoms with Gasteiger partial charge in [-0.15, -0.1) is 0 Å². The van der Waals surface area contributed by atoms with Gasteiger partial charge in [0.2, 0.25) is 0 Å². The third-order valence-corrected chi connectivity index (χ3v) is 4.32. The molecule has 1 atom stereocenters. The average Bonchev–Trinajstić information content (AvgIpc) is 3.06. The Morgan fingerprint density at radius 2 is 2.00 bits per heavy atom. The molecule has 3 rings (SSSR count). The minimum absolute atomic E-state index is 0.0396. The van der Waals surface area contributed by atoms with Crippen molar-refractivity contribution in [1.29, 1.82) is 0 Å². The minimum atomic E-state index is -4.96. The van der Waals surface area contributed by atoms with Gasteiger partial charge < -0.3 is 20.6 Å². The van der Waals surface area contributed by atoms with Gasteiger partial charge >= 0.3 is 18.0 Å². The molecule has 1 aliphatic rings. The number of rotatable bonds is 4. The zero-order valence-electron chi connectivity index (χ0n) is 14.3. The molecule has 0 bridgehead atoms. The number of nitrogens with one attached hydrogen (secondary N) is 2. The average molecular weight is 414 g/mol. The topological polar surface area (TPSA) is 83.0 Å². The number of urea groups is 1. The van der Waals surface area contributed by atoms with Crippen molar-refractivity contribution in [2.45, 2.75) is 24.9 Å². The first kappa shape index (κ1) is 20.0. The third-order valence-electron chi connectivity index (χ3n) is 3.99. The lowest BCUT2D eigenvalue weighted by molar-refractivity contribution is -0.355. The Morgan fingerprint density at radius 3 is 2.68 bits per heavy atom. The SMILES string of the molecule is O=C(NCc1cccc(C2=NOC(O)(C(F)(F)F)C2)c1)Nc1ccccc1Cl. The van der Waals surface area contributed by atoms with E-state index < -0.39 is 24.4 Å². The van der Waals surface area contributed by atoms with Crippen LogP contribution in [0, 0.1) is 0 Å². The second-order valence-corrected chi connectivity index (χ2v) is 6.48. The lowest BCUT2D eigenvalue weighted by Gasteiger charge is -2.22. The van der Waals surface area contributed by atoms with E-state index in [1.165, 1.54) is 6.07 Å². The lowest BCUT2D eigenvalue weighted by atomic mass is 10.0. The number of alkyl halides is 3. The number of anilines is 1. The molecule has 0 aliphatic carbocycles. The quantitative estimate of drug-likeness (QED) is 0.707. The Balaban J connectivity index is 1.61. The van der Waals surface area contributed by atoms with Gasteiger partial charge in [-0.2, -0.15) is 13.2 Å². The molecule has 0 aromatic heterocycles. The van der Waals surface area contributed by atoms with E-state index >= 15 is 0 Å². The van der Waals surface area contributed by atoms with E-state index in [4.69, 9.17) is 11.6 Å². The molecule has 6 nitrogen and oxygen atoms in total. The van der Waals surface area contributed by atoms with Gasteiger partial charge in [-0.25, -0.2) is 4.79 Å². The molecule has 0 radical (unpaired) electrons. The molecule has 1 unspecified atom stereocenters. The maximum Gasteiger partial charge on any atom is 0.458 e. The smallest absolute Gasteiger partial charge is 0.350 e. The molecule has 10 heteroatoms. The highest BCUT2D eigenvalue weighted by atomic mass is 35.5. The maximum absolute atomic E-state index is 12.8. The lowest BCUT2D eigenvalue weighted by Crippen LogP contribution is -2.45. The first-order valence-electron chi connectivity index (χ1n) is 8.11. The molecule has 1 heterocycles. The normalized spacial score (nSPS) is 19.0. The number of nitrogens with zero attached hydrogens (tertiary/aromatic N) is 1. The number of carbonyl (C=O) groups is 1. The fourth-order valence-corrected chi connectivity index (χ4v) is 2.68. The summed E-state index contributed by atoms with van der Waals surface area (Å²) in [7, 11) is 0. The summed E-state index contributed by atoms with van der Waals surface area (Å²) in [5, 5.41) is 18.5. The molecule has 2 aromatic rings. The van der Waals surface area contributed by atoms with E-state index in [-0.39, 0.29) is 12.3 Å². The van der Waals surface area contributed by atoms with Crippen molar-refractivity contribution in [3.05, 3.63) is 64.7 Å². The second-order valence-electron chi connectivity index (χ2n) is 6.08. The number of para-hydroxylation sites is 1. The van der Waals surface area contributed by atoms with Crippen LogP contribution in [0.2, 0.25) is 5.02 Å². The molecule has 2 aromatic carbocycles. The zero-order valence-corrected chi connectivity index (χ0v) is 15.0. The number of aliphatic hydroxyl groups is 1. The van der Waals surface area contributed by atoms with Crippen molar-refractivity contribution < 1.29 is 27.9 Å². The van der Waals surface area contributed by atoms with E-state index in [0.29, 0.717) is 21.8 Å². The molecule has 0 fully saturated rings. The molecule has 28 heavy (non-hydrogen) atoms. The summed E-state index contributed by atoms with van der Waals surface area (Å²) in [6.45, 7) is 0.113. The predicted octanol–water partition coefficient (Wildman–Crippen LogP) is 4.04. The summed E-state index contributed by atoms with van der Waals surface area (Å²) in [5.41, 5.74) is 1.38. The van der Waals surface area contributed by atoms with Crippen LogP contribution < -0.4 is 10.6 Å². The highest BCUT2D eigenvalue weighted by Crippen LogP contribution is 2.38. The fraction of sp³-hybridized carbons (Fsp3) is 0.222. The van der Waals surface area contributed by atoms with E-state index in [1.54, 1.807) is 42.5 Å². The van der Waals surface area contributed by atoms with Crippen LogP contribution in [0.3, 0.4) is 0 Å². The summed E-state index contributed by atoms with van der Waals surface area (Å²) >= 11 is 5.97. The maximum atomic E-state index is 12.8. The van der Waals surface area contributed by atoms with Crippen molar-refractivity contribution in [3.8, 4) is 0 Å². The zero-order chi connectivity index (χ0) is 20.4. The van der Waals surface area contributed by atoms with Crippen LogP contribution in [0.1, 0.15) is 17.5 Å². The van der Waals surface area contributed by atoms with Crippen LogP contribution in [0.5, 0.6) is 0 Å². The largest absolute Gasteiger partial charge is 0.458 e.